The minimum Gasteiger partial charge on any atom is -0.504 e. The number of fused-ring (bicyclic) bond motifs is 2. The number of amides is 1. The van der Waals surface area contributed by atoms with Crippen LogP contribution in [0.4, 0.5) is 0 Å². The van der Waals surface area contributed by atoms with E-state index in [2.05, 4.69) is 10.4 Å². The van der Waals surface area contributed by atoms with Gasteiger partial charge in [0, 0.05) is 10.8 Å². The Hall–Kier alpha value is -3.00. The third-order valence-electron chi connectivity index (χ3n) is 4.38. The summed E-state index contributed by atoms with van der Waals surface area (Å²) in [6.45, 7) is 4.29. The Kier molecular flexibility index (Phi) is 4.95. The van der Waals surface area contributed by atoms with Crippen molar-refractivity contribution >= 4 is 28.5 Å². The van der Waals surface area contributed by atoms with Gasteiger partial charge < -0.3 is 9.84 Å². The molecule has 2 aromatic carbocycles. The molecule has 0 aromatic heterocycles. The highest BCUT2D eigenvalue weighted by Gasteiger charge is 2.34. The second-order valence-corrected chi connectivity index (χ2v) is 7.42. The molecule has 2 aromatic rings. The second kappa shape index (κ2) is 7.55. The number of thioether (sulfide) groups is 1. The minimum absolute atomic E-state index is 0.0631. The molecule has 0 radical (unpaired) electrons. The Balaban J connectivity index is 1.91. The first-order valence-corrected chi connectivity index (χ1v) is 10.1. The number of benzene rings is 2. The third kappa shape index (κ3) is 3.20. The quantitative estimate of drug-likeness (QED) is 0.821. The average Bonchev–Trinajstić information content (AvgIpc) is 2.69. The molecule has 0 spiro atoms. The topological polar surface area (TPSA) is 86.5 Å². The van der Waals surface area contributed by atoms with Gasteiger partial charge in [-0.2, -0.15) is 0 Å². The summed E-state index contributed by atoms with van der Waals surface area (Å²) >= 11 is 1.46. The maximum Gasteiger partial charge on any atom is 0.276 e. The van der Waals surface area contributed by atoms with Gasteiger partial charge in [0.2, 0.25) is 0 Å². The number of phenols is 1. The molecule has 2 heterocycles. The zero-order chi connectivity index (χ0) is 19.7. The lowest BCUT2D eigenvalue weighted by Crippen LogP contribution is -2.50. The summed E-state index contributed by atoms with van der Waals surface area (Å²) in [5.41, 5.74) is 1.23. The molecule has 0 saturated heterocycles. The van der Waals surface area contributed by atoms with Crippen molar-refractivity contribution in [1.29, 1.82) is 0 Å². The van der Waals surface area contributed by atoms with Crippen molar-refractivity contribution in [1.82, 2.24) is 10.3 Å². The highest BCUT2D eigenvalue weighted by atomic mass is 32.2. The second-order valence-electron chi connectivity index (χ2n) is 6.17. The van der Waals surface area contributed by atoms with Gasteiger partial charge in [-0.05, 0) is 30.9 Å². The Morgan fingerprint density at radius 3 is 2.86 bits per heavy atom. The molecule has 4 rings (SSSR count). The van der Waals surface area contributed by atoms with Crippen molar-refractivity contribution in [3.63, 3.8) is 0 Å². The Morgan fingerprint density at radius 1 is 1.25 bits per heavy atom. The van der Waals surface area contributed by atoms with Crippen LogP contribution < -0.4 is 20.6 Å². The van der Waals surface area contributed by atoms with Crippen molar-refractivity contribution in [2.45, 2.75) is 20.0 Å². The number of amidine groups is 1. The van der Waals surface area contributed by atoms with Gasteiger partial charge in [-0.15, -0.1) is 5.10 Å². The molecule has 0 saturated carbocycles. The van der Waals surface area contributed by atoms with E-state index in [-0.39, 0.29) is 11.7 Å². The number of ether oxygens (including phenoxy) is 1. The van der Waals surface area contributed by atoms with Crippen molar-refractivity contribution in [2.24, 2.45) is 10.1 Å². The number of hydrogen-bond donors (Lipinski definition) is 2. The highest BCUT2D eigenvalue weighted by Crippen LogP contribution is 2.35. The van der Waals surface area contributed by atoms with Gasteiger partial charge in [0.05, 0.1) is 12.0 Å². The molecule has 8 heteroatoms. The lowest BCUT2D eigenvalue weighted by molar-refractivity contribution is -0.116. The predicted molar refractivity (Wildman–Crippen MR) is 108 cm³/mol. The van der Waals surface area contributed by atoms with Gasteiger partial charge in [0.1, 0.15) is 5.70 Å². The summed E-state index contributed by atoms with van der Waals surface area (Å²) in [6.07, 6.45) is -0.539. The molecule has 28 heavy (non-hydrogen) atoms. The standard InChI is InChI=1S/C20H20N4O3S/c1-3-27-16-11-12(9-10-15(16)25)18-21-14-8-6-5-7-13(14)17-19(26)22-20(28-4-2)23-24(17)18/h5-11,18,25H,3-4H2,1-2H3,(H,22,23,26). The van der Waals surface area contributed by atoms with Crippen LogP contribution in [0.5, 0.6) is 11.5 Å². The SMILES string of the molecule is CCOc1cc(C2N=c3ccccc3=C3C(=O)NC(SCC)=NN32)ccc1O. The first-order chi connectivity index (χ1) is 13.6. The number of aromatic hydroxyl groups is 1. The minimum atomic E-state index is -0.539. The number of carbonyl (C=O) groups is 1. The van der Waals surface area contributed by atoms with Crippen LogP contribution in [-0.4, -0.2) is 33.6 Å². The monoisotopic (exact) mass is 396 g/mol. The fourth-order valence-corrected chi connectivity index (χ4v) is 3.79. The van der Waals surface area contributed by atoms with Gasteiger partial charge in [0.25, 0.3) is 5.91 Å². The van der Waals surface area contributed by atoms with E-state index in [1.807, 2.05) is 38.1 Å². The normalized spacial score (nSPS) is 17.9. The van der Waals surface area contributed by atoms with E-state index in [9.17, 15) is 9.90 Å². The first-order valence-electron chi connectivity index (χ1n) is 9.07. The van der Waals surface area contributed by atoms with Crippen LogP contribution in [0.1, 0.15) is 25.6 Å². The third-order valence-corrected chi connectivity index (χ3v) is 5.12. The number of hydrogen-bond acceptors (Lipinski definition) is 7. The van der Waals surface area contributed by atoms with Crippen LogP contribution in [0.25, 0.3) is 5.70 Å². The number of nitrogens with one attached hydrogen (secondary N) is 1. The van der Waals surface area contributed by atoms with Gasteiger partial charge in [-0.1, -0.05) is 43.0 Å². The molecular formula is C20H20N4O3S. The largest absolute Gasteiger partial charge is 0.504 e. The number of hydrazone groups is 1. The summed E-state index contributed by atoms with van der Waals surface area (Å²) in [7, 11) is 0. The molecular weight excluding hydrogens is 376 g/mol. The fraction of sp³-hybridized carbons (Fsp3) is 0.250. The summed E-state index contributed by atoms with van der Waals surface area (Å²) < 4.78 is 5.52. The van der Waals surface area contributed by atoms with Gasteiger partial charge in [-0.25, -0.2) is 5.01 Å². The lowest BCUT2D eigenvalue weighted by Gasteiger charge is -2.34. The maximum atomic E-state index is 12.9. The van der Waals surface area contributed by atoms with Crippen LogP contribution in [0, 0.1) is 0 Å². The van der Waals surface area contributed by atoms with Gasteiger partial charge >= 0.3 is 0 Å². The zero-order valence-electron chi connectivity index (χ0n) is 15.5. The molecule has 2 aliphatic heterocycles. The molecule has 0 fully saturated rings. The van der Waals surface area contributed by atoms with E-state index in [0.29, 0.717) is 23.2 Å². The zero-order valence-corrected chi connectivity index (χ0v) is 16.4. The smallest absolute Gasteiger partial charge is 0.276 e. The fourth-order valence-electron chi connectivity index (χ4n) is 3.21. The molecule has 0 aliphatic carbocycles. The Morgan fingerprint density at radius 2 is 2.07 bits per heavy atom. The van der Waals surface area contributed by atoms with E-state index in [1.54, 1.807) is 23.2 Å². The number of carbonyl (C=O) groups excluding carboxylic acids is 1. The van der Waals surface area contributed by atoms with Crippen LogP contribution in [0.3, 0.4) is 0 Å². The van der Waals surface area contributed by atoms with Crippen LogP contribution in [-0.2, 0) is 4.79 Å². The number of rotatable bonds is 4. The molecule has 1 amide bonds. The summed E-state index contributed by atoms with van der Waals surface area (Å²) in [4.78, 5) is 17.7. The molecule has 1 atom stereocenters. The van der Waals surface area contributed by atoms with E-state index < -0.39 is 6.17 Å². The lowest BCUT2D eigenvalue weighted by atomic mass is 10.1. The van der Waals surface area contributed by atoms with Gasteiger partial charge in [0.15, 0.2) is 22.8 Å². The van der Waals surface area contributed by atoms with E-state index in [0.717, 1.165) is 21.9 Å². The summed E-state index contributed by atoms with van der Waals surface area (Å²) in [6, 6.07) is 12.6. The summed E-state index contributed by atoms with van der Waals surface area (Å²) in [5.74, 6) is 1.02. The molecule has 2 N–H and O–H groups in total. The van der Waals surface area contributed by atoms with Crippen LogP contribution >= 0.6 is 11.8 Å². The maximum absolute atomic E-state index is 12.9. The van der Waals surface area contributed by atoms with Crippen LogP contribution in [0.2, 0.25) is 0 Å². The molecule has 0 bridgehead atoms. The van der Waals surface area contributed by atoms with Crippen LogP contribution in [0.15, 0.2) is 52.6 Å². The molecule has 2 aliphatic rings. The Labute approximate surface area is 166 Å². The van der Waals surface area contributed by atoms with Gasteiger partial charge in [-0.3, -0.25) is 15.1 Å². The average molecular weight is 396 g/mol. The predicted octanol–water partition coefficient (Wildman–Crippen LogP) is 1.69. The number of phenolic OH excluding ortho intramolecular Hbond substituents is 1. The summed E-state index contributed by atoms with van der Waals surface area (Å²) in [5, 5.41) is 21.2. The first kappa shape index (κ1) is 18.4. The number of nitrogens with zero attached hydrogens (tertiary/aromatic N) is 3. The highest BCUT2D eigenvalue weighted by molar-refractivity contribution is 8.13. The van der Waals surface area contributed by atoms with E-state index in [4.69, 9.17) is 9.73 Å². The molecule has 144 valence electrons. The van der Waals surface area contributed by atoms with Crippen molar-refractivity contribution in [2.75, 3.05) is 12.4 Å². The van der Waals surface area contributed by atoms with E-state index in [1.165, 1.54) is 11.8 Å². The van der Waals surface area contributed by atoms with E-state index >= 15 is 0 Å². The van der Waals surface area contributed by atoms with Crippen molar-refractivity contribution < 1.29 is 14.6 Å². The molecule has 7 nitrogen and oxygen atoms in total. The molecule has 1 unspecified atom stereocenters. The Bertz CT molecular complexity index is 1080. The van der Waals surface area contributed by atoms with Crippen molar-refractivity contribution in [3.8, 4) is 11.5 Å². The van der Waals surface area contributed by atoms with Crippen molar-refractivity contribution in [3.05, 3.63) is 58.6 Å². The number of para-hydroxylation sites is 1.